The third-order valence-corrected chi connectivity index (χ3v) is 4.17. The molecule has 102 valence electrons. The topological polar surface area (TPSA) is 76.1 Å². The van der Waals surface area contributed by atoms with Crippen molar-refractivity contribution in [3.8, 4) is 0 Å². The van der Waals surface area contributed by atoms with Gasteiger partial charge in [-0.2, -0.15) is 5.10 Å². The van der Waals surface area contributed by atoms with Crippen molar-refractivity contribution in [3.63, 3.8) is 0 Å². The summed E-state index contributed by atoms with van der Waals surface area (Å²) in [6.07, 6.45) is 2.46. The molecule has 1 heterocycles. The van der Waals surface area contributed by atoms with Crippen molar-refractivity contribution in [2.75, 3.05) is 11.1 Å². The molecule has 1 fully saturated rings. The Morgan fingerprint density at radius 3 is 2.72 bits per heavy atom. The summed E-state index contributed by atoms with van der Waals surface area (Å²) in [5, 5.41) is 17.6. The third-order valence-electron chi connectivity index (χ3n) is 4.17. The van der Waals surface area contributed by atoms with Gasteiger partial charge in [0.1, 0.15) is 5.82 Å². The number of nitrogens with zero attached hydrogens (tertiary/aromatic N) is 2. The van der Waals surface area contributed by atoms with Gasteiger partial charge in [-0.15, -0.1) is 0 Å². The fraction of sp³-hybridized carbons (Fsp3) is 0.769. The highest BCUT2D eigenvalue weighted by Gasteiger charge is 2.47. The van der Waals surface area contributed by atoms with Crippen LogP contribution in [0.4, 0.5) is 11.5 Å². The van der Waals surface area contributed by atoms with Crippen molar-refractivity contribution < 1.29 is 5.11 Å². The predicted octanol–water partition coefficient (Wildman–Crippen LogP) is 1.53. The molecule has 18 heavy (non-hydrogen) atoms. The highest BCUT2D eigenvalue weighted by Crippen LogP contribution is 2.43. The number of anilines is 2. The molecular weight excluding hydrogens is 228 g/mol. The standard InChI is InChI=1S/C13H24N4O/c1-5-6-8-11(14)12(17(4)16-8)15-9-7-10(18)13(9,2)3/h9-10,15,18H,5-7,14H2,1-4H3. The Labute approximate surface area is 108 Å². The molecule has 1 aliphatic rings. The number of aliphatic hydroxyl groups excluding tert-OH is 1. The first-order chi connectivity index (χ1) is 8.37. The molecule has 0 bridgehead atoms. The number of aryl methyl sites for hydroxylation is 2. The zero-order valence-corrected chi connectivity index (χ0v) is 11.7. The summed E-state index contributed by atoms with van der Waals surface area (Å²) in [4.78, 5) is 0. The molecule has 0 spiro atoms. The number of nitrogens with two attached hydrogens (primary N) is 1. The highest BCUT2D eigenvalue weighted by molar-refractivity contribution is 5.65. The first kappa shape index (κ1) is 13.2. The van der Waals surface area contributed by atoms with E-state index >= 15 is 0 Å². The lowest BCUT2D eigenvalue weighted by Crippen LogP contribution is -2.57. The highest BCUT2D eigenvalue weighted by atomic mass is 16.3. The molecule has 2 unspecified atom stereocenters. The molecule has 1 aliphatic carbocycles. The average molecular weight is 252 g/mol. The van der Waals surface area contributed by atoms with Gasteiger partial charge in [-0.25, -0.2) is 0 Å². The number of nitrogens with one attached hydrogen (secondary N) is 1. The van der Waals surface area contributed by atoms with Crippen LogP contribution in [0.5, 0.6) is 0 Å². The molecule has 5 nitrogen and oxygen atoms in total. The van der Waals surface area contributed by atoms with Crippen LogP contribution in [0.25, 0.3) is 0 Å². The van der Waals surface area contributed by atoms with Crippen LogP contribution in [0.2, 0.25) is 0 Å². The molecule has 2 atom stereocenters. The molecule has 0 aromatic carbocycles. The van der Waals surface area contributed by atoms with E-state index in [1.54, 1.807) is 4.68 Å². The Morgan fingerprint density at radius 1 is 1.56 bits per heavy atom. The van der Waals surface area contributed by atoms with Crippen LogP contribution < -0.4 is 11.1 Å². The van der Waals surface area contributed by atoms with Crippen molar-refractivity contribution in [2.45, 2.75) is 52.2 Å². The van der Waals surface area contributed by atoms with Gasteiger partial charge in [0.15, 0.2) is 0 Å². The van der Waals surface area contributed by atoms with Crippen molar-refractivity contribution in [1.82, 2.24) is 9.78 Å². The number of aromatic nitrogens is 2. The lowest BCUT2D eigenvalue weighted by molar-refractivity contribution is -0.0512. The summed E-state index contributed by atoms with van der Waals surface area (Å²) in [5.74, 6) is 0.878. The normalized spacial score (nSPS) is 25.8. The van der Waals surface area contributed by atoms with Crippen molar-refractivity contribution in [1.29, 1.82) is 0 Å². The minimum Gasteiger partial charge on any atom is -0.394 e. The molecule has 1 aromatic heterocycles. The van der Waals surface area contributed by atoms with Gasteiger partial charge in [0.2, 0.25) is 0 Å². The van der Waals surface area contributed by atoms with Crippen molar-refractivity contribution >= 4 is 11.5 Å². The van der Waals surface area contributed by atoms with Gasteiger partial charge in [0.25, 0.3) is 0 Å². The van der Waals surface area contributed by atoms with Gasteiger partial charge in [-0.3, -0.25) is 4.68 Å². The smallest absolute Gasteiger partial charge is 0.148 e. The Kier molecular flexibility index (Phi) is 3.27. The van der Waals surface area contributed by atoms with Gasteiger partial charge < -0.3 is 16.2 Å². The lowest BCUT2D eigenvalue weighted by Gasteiger charge is -2.49. The van der Waals surface area contributed by atoms with Gasteiger partial charge in [-0.05, 0) is 12.8 Å². The molecule has 0 amide bonds. The second-order valence-electron chi connectivity index (χ2n) is 5.85. The molecule has 1 aromatic rings. The SMILES string of the molecule is CCCc1nn(C)c(NC2CC(O)C2(C)C)c1N. The van der Waals surface area contributed by atoms with Gasteiger partial charge in [0, 0.05) is 18.5 Å². The van der Waals surface area contributed by atoms with E-state index in [4.69, 9.17) is 5.73 Å². The Hall–Kier alpha value is -1.23. The quantitative estimate of drug-likeness (QED) is 0.759. The minimum absolute atomic E-state index is 0.109. The first-order valence-electron chi connectivity index (χ1n) is 6.63. The second kappa shape index (κ2) is 4.46. The summed E-state index contributed by atoms with van der Waals surface area (Å²) in [5.41, 5.74) is 7.73. The fourth-order valence-corrected chi connectivity index (χ4v) is 2.50. The van der Waals surface area contributed by atoms with Gasteiger partial charge in [-0.1, -0.05) is 27.2 Å². The van der Waals surface area contributed by atoms with E-state index in [1.165, 1.54) is 0 Å². The number of hydrogen-bond donors (Lipinski definition) is 3. The molecule has 1 saturated carbocycles. The van der Waals surface area contributed by atoms with Gasteiger partial charge in [0.05, 0.1) is 17.5 Å². The van der Waals surface area contributed by atoms with E-state index in [0.717, 1.165) is 36.5 Å². The lowest BCUT2D eigenvalue weighted by atomic mass is 9.64. The van der Waals surface area contributed by atoms with Crippen LogP contribution in [-0.2, 0) is 13.5 Å². The zero-order chi connectivity index (χ0) is 13.5. The summed E-state index contributed by atoms with van der Waals surface area (Å²) >= 11 is 0. The molecule has 5 heteroatoms. The molecule has 2 rings (SSSR count). The van der Waals surface area contributed by atoms with Crippen LogP contribution in [-0.4, -0.2) is 27.0 Å². The van der Waals surface area contributed by atoms with Crippen LogP contribution in [0, 0.1) is 5.41 Å². The summed E-state index contributed by atoms with van der Waals surface area (Å²) in [7, 11) is 1.90. The third kappa shape index (κ3) is 1.96. The van der Waals surface area contributed by atoms with Crippen molar-refractivity contribution in [2.24, 2.45) is 12.5 Å². The molecule has 0 aliphatic heterocycles. The van der Waals surface area contributed by atoms with E-state index in [1.807, 2.05) is 7.05 Å². The van der Waals surface area contributed by atoms with Crippen LogP contribution >= 0.6 is 0 Å². The second-order valence-corrected chi connectivity index (χ2v) is 5.85. The fourth-order valence-electron chi connectivity index (χ4n) is 2.50. The number of nitrogen functional groups attached to an aromatic ring is 1. The summed E-state index contributed by atoms with van der Waals surface area (Å²) < 4.78 is 1.81. The number of rotatable bonds is 4. The average Bonchev–Trinajstić information content (AvgIpc) is 2.56. The molecule has 0 saturated heterocycles. The van der Waals surface area contributed by atoms with Gasteiger partial charge >= 0.3 is 0 Å². The molecule has 4 N–H and O–H groups in total. The molecular formula is C13H24N4O. The van der Waals surface area contributed by atoms with Crippen LogP contribution in [0.1, 0.15) is 39.3 Å². The largest absolute Gasteiger partial charge is 0.394 e. The monoisotopic (exact) mass is 252 g/mol. The number of hydrogen-bond acceptors (Lipinski definition) is 4. The summed E-state index contributed by atoms with van der Waals surface area (Å²) in [6.45, 7) is 6.25. The Balaban J connectivity index is 2.15. The Bertz CT molecular complexity index is 438. The minimum atomic E-state index is -0.237. The zero-order valence-electron chi connectivity index (χ0n) is 11.7. The maximum Gasteiger partial charge on any atom is 0.148 e. The summed E-state index contributed by atoms with van der Waals surface area (Å²) in [6, 6.07) is 0.250. The van der Waals surface area contributed by atoms with Crippen LogP contribution in [0.3, 0.4) is 0 Å². The maximum atomic E-state index is 9.76. The van der Waals surface area contributed by atoms with E-state index in [2.05, 4.69) is 31.2 Å². The van der Waals surface area contributed by atoms with E-state index in [9.17, 15) is 5.11 Å². The first-order valence-corrected chi connectivity index (χ1v) is 6.63. The Morgan fingerprint density at radius 2 is 2.22 bits per heavy atom. The maximum absolute atomic E-state index is 9.76. The van der Waals surface area contributed by atoms with E-state index < -0.39 is 0 Å². The molecule has 0 radical (unpaired) electrons. The van der Waals surface area contributed by atoms with Crippen molar-refractivity contribution in [3.05, 3.63) is 5.69 Å². The van der Waals surface area contributed by atoms with E-state index in [-0.39, 0.29) is 17.6 Å². The number of aliphatic hydroxyl groups is 1. The predicted molar refractivity (Wildman–Crippen MR) is 73.4 cm³/mol. The van der Waals surface area contributed by atoms with E-state index in [0.29, 0.717) is 0 Å². The van der Waals surface area contributed by atoms with Crippen LogP contribution in [0.15, 0.2) is 0 Å².